The lowest BCUT2D eigenvalue weighted by atomic mass is 10.6. The van der Waals surface area contributed by atoms with E-state index in [-0.39, 0.29) is 0 Å². The summed E-state index contributed by atoms with van der Waals surface area (Å²) in [5.74, 6) is 0.581. The number of aromatic nitrogens is 8. The van der Waals surface area contributed by atoms with Crippen LogP contribution in [0.25, 0.3) is 0 Å². The predicted octanol–water partition coefficient (Wildman–Crippen LogP) is -0.882. The summed E-state index contributed by atoms with van der Waals surface area (Å²) in [6.07, 6.45) is 3.56. The van der Waals surface area contributed by atoms with E-state index in [1.807, 2.05) is 0 Å². The highest BCUT2D eigenvalue weighted by Gasteiger charge is 2.03. The second kappa shape index (κ2) is 3.47. The second-order valence-electron chi connectivity index (χ2n) is 2.09. The van der Waals surface area contributed by atoms with Crippen molar-refractivity contribution in [1.29, 1.82) is 0 Å². The third kappa shape index (κ3) is 1.80. The molecule has 2 aromatic rings. The zero-order chi connectivity index (χ0) is 9.10. The van der Waals surface area contributed by atoms with Crippen molar-refractivity contribution in [2.45, 2.75) is 11.7 Å². The summed E-state index contributed by atoms with van der Waals surface area (Å²) in [4.78, 5) is 1.38. The average molecular weight is 197 g/mol. The van der Waals surface area contributed by atoms with Crippen LogP contribution < -0.4 is 0 Å². The van der Waals surface area contributed by atoms with E-state index >= 15 is 0 Å². The van der Waals surface area contributed by atoms with Gasteiger partial charge in [0.2, 0.25) is 5.16 Å². The van der Waals surface area contributed by atoms with Crippen LogP contribution in [0.2, 0.25) is 0 Å². The van der Waals surface area contributed by atoms with Gasteiger partial charge in [-0.05, 0) is 15.6 Å². The summed E-state index contributed by atoms with van der Waals surface area (Å²) >= 11 is 1.18. The lowest BCUT2D eigenvalue weighted by Crippen LogP contribution is -2.05. The first kappa shape index (κ1) is 8.10. The molecular formula is C4H5N8S. The highest BCUT2D eigenvalue weighted by Crippen LogP contribution is 2.06. The van der Waals surface area contributed by atoms with Crippen LogP contribution in [-0.2, 0) is 6.54 Å². The zero-order valence-electron chi connectivity index (χ0n) is 6.45. The van der Waals surface area contributed by atoms with Crippen molar-refractivity contribution in [1.82, 2.24) is 40.8 Å². The van der Waals surface area contributed by atoms with E-state index in [9.17, 15) is 0 Å². The molecular weight excluding hydrogens is 192 g/mol. The van der Waals surface area contributed by atoms with Crippen molar-refractivity contribution >= 4 is 11.8 Å². The van der Waals surface area contributed by atoms with E-state index in [0.29, 0.717) is 17.5 Å². The van der Waals surface area contributed by atoms with Gasteiger partial charge in [-0.1, -0.05) is 11.8 Å². The largest absolute Gasteiger partial charge is 0.241 e. The standard InChI is InChI=1S/C4H5N8S/c1-13-4-7-11-12(8-4)2-3-5-9-10-6-3/h1-2H2,(H,5,6,9,10). The van der Waals surface area contributed by atoms with Crippen LogP contribution >= 0.6 is 11.8 Å². The molecule has 2 aromatic heterocycles. The molecule has 0 saturated carbocycles. The number of nitrogens with zero attached hydrogens (tertiary/aromatic N) is 7. The number of thioether (sulfide) groups is 1. The Hall–Kier alpha value is -1.51. The van der Waals surface area contributed by atoms with Crippen LogP contribution in [-0.4, -0.2) is 40.8 Å². The fourth-order valence-corrected chi connectivity index (χ4v) is 0.979. The molecule has 1 radical (unpaired) electrons. The van der Waals surface area contributed by atoms with Gasteiger partial charge in [0, 0.05) is 6.26 Å². The maximum Gasteiger partial charge on any atom is 0.231 e. The maximum atomic E-state index is 3.98. The fourth-order valence-electron chi connectivity index (χ4n) is 0.733. The van der Waals surface area contributed by atoms with Crippen LogP contribution in [0.15, 0.2) is 5.16 Å². The summed E-state index contributed by atoms with van der Waals surface area (Å²) in [5.41, 5.74) is 0. The van der Waals surface area contributed by atoms with Crippen LogP contribution in [0.4, 0.5) is 0 Å². The Balaban J connectivity index is 2.10. The van der Waals surface area contributed by atoms with E-state index in [0.717, 1.165) is 0 Å². The Morgan fingerprint density at radius 1 is 1.46 bits per heavy atom. The third-order valence-corrected chi connectivity index (χ3v) is 1.67. The molecule has 0 aliphatic rings. The van der Waals surface area contributed by atoms with Crippen molar-refractivity contribution < 1.29 is 0 Å². The van der Waals surface area contributed by atoms with Gasteiger partial charge in [-0.2, -0.15) is 4.80 Å². The van der Waals surface area contributed by atoms with Crippen molar-refractivity contribution in [3.8, 4) is 0 Å². The smallest absolute Gasteiger partial charge is 0.231 e. The molecule has 67 valence electrons. The highest BCUT2D eigenvalue weighted by molar-refractivity contribution is 8.00. The second-order valence-corrected chi connectivity index (χ2v) is 2.75. The highest BCUT2D eigenvalue weighted by atomic mass is 32.2. The van der Waals surface area contributed by atoms with E-state index in [1.54, 1.807) is 0 Å². The molecule has 0 aromatic carbocycles. The SMILES string of the molecule is [CH2]Sc1nnn(Cc2nnn[nH]2)n1. The number of tetrazole rings is 2. The lowest BCUT2D eigenvalue weighted by Gasteiger charge is -1.90. The first-order valence-corrected chi connectivity index (χ1v) is 4.29. The van der Waals surface area contributed by atoms with Gasteiger partial charge in [0.1, 0.15) is 6.54 Å². The zero-order valence-corrected chi connectivity index (χ0v) is 7.27. The van der Waals surface area contributed by atoms with Crippen molar-refractivity contribution in [3.05, 3.63) is 12.1 Å². The van der Waals surface area contributed by atoms with E-state index in [1.165, 1.54) is 16.6 Å². The monoisotopic (exact) mass is 197 g/mol. The van der Waals surface area contributed by atoms with Crippen LogP contribution in [0, 0.1) is 6.26 Å². The molecule has 0 saturated heterocycles. The van der Waals surface area contributed by atoms with Crippen LogP contribution in [0.3, 0.4) is 0 Å². The molecule has 0 spiro atoms. The van der Waals surface area contributed by atoms with Gasteiger partial charge < -0.3 is 0 Å². The molecule has 2 heterocycles. The van der Waals surface area contributed by atoms with E-state index in [2.05, 4.69) is 42.3 Å². The molecule has 8 nitrogen and oxygen atoms in total. The summed E-state index contributed by atoms with van der Waals surface area (Å²) in [5, 5.41) is 25.1. The molecule has 0 aliphatic carbocycles. The Kier molecular flexibility index (Phi) is 2.17. The van der Waals surface area contributed by atoms with Gasteiger partial charge in [0.25, 0.3) is 0 Å². The molecule has 0 atom stereocenters. The average Bonchev–Trinajstić information content (AvgIpc) is 2.76. The molecule has 0 aliphatic heterocycles. The molecule has 0 amide bonds. The summed E-state index contributed by atoms with van der Waals surface area (Å²) < 4.78 is 0. The summed E-state index contributed by atoms with van der Waals surface area (Å²) in [6, 6.07) is 0. The van der Waals surface area contributed by atoms with Crippen molar-refractivity contribution in [2.75, 3.05) is 0 Å². The van der Waals surface area contributed by atoms with E-state index in [4.69, 9.17) is 0 Å². The summed E-state index contributed by atoms with van der Waals surface area (Å²) in [7, 11) is 0. The first-order chi connectivity index (χ1) is 6.38. The lowest BCUT2D eigenvalue weighted by molar-refractivity contribution is 0.551. The molecule has 1 N–H and O–H groups in total. The van der Waals surface area contributed by atoms with Gasteiger partial charge in [0.05, 0.1) is 0 Å². The van der Waals surface area contributed by atoms with E-state index < -0.39 is 0 Å². The fraction of sp³-hybridized carbons (Fsp3) is 0.250. The van der Waals surface area contributed by atoms with Gasteiger partial charge in [-0.25, -0.2) is 5.10 Å². The van der Waals surface area contributed by atoms with Gasteiger partial charge in [0.15, 0.2) is 5.82 Å². The number of hydrogen-bond acceptors (Lipinski definition) is 7. The molecule has 0 unspecified atom stereocenters. The Bertz CT molecular complexity index is 365. The predicted molar refractivity (Wildman–Crippen MR) is 42.3 cm³/mol. The number of hydrogen-bond donors (Lipinski definition) is 1. The number of rotatable bonds is 3. The quantitative estimate of drug-likeness (QED) is 0.638. The third-order valence-electron chi connectivity index (χ3n) is 1.24. The van der Waals surface area contributed by atoms with Gasteiger partial charge in [-0.3, -0.25) is 0 Å². The van der Waals surface area contributed by atoms with Crippen molar-refractivity contribution in [2.24, 2.45) is 0 Å². The maximum absolute atomic E-state index is 3.98. The number of aromatic amines is 1. The Morgan fingerprint density at radius 3 is 3.00 bits per heavy atom. The van der Waals surface area contributed by atoms with Gasteiger partial charge >= 0.3 is 0 Å². The number of H-pyrrole nitrogens is 1. The minimum atomic E-state index is 0.376. The molecule has 0 fully saturated rings. The Labute approximate surface area is 77.1 Å². The molecule has 0 bridgehead atoms. The van der Waals surface area contributed by atoms with Crippen LogP contribution in [0.1, 0.15) is 5.82 Å². The minimum absolute atomic E-state index is 0.376. The summed E-state index contributed by atoms with van der Waals surface area (Å²) in [6.45, 7) is 0.376. The Morgan fingerprint density at radius 2 is 2.38 bits per heavy atom. The molecule has 13 heavy (non-hydrogen) atoms. The molecule has 9 heteroatoms. The van der Waals surface area contributed by atoms with Crippen molar-refractivity contribution in [3.63, 3.8) is 0 Å². The minimum Gasteiger partial charge on any atom is -0.241 e. The van der Waals surface area contributed by atoms with Crippen LogP contribution in [0.5, 0.6) is 0 Å². The normalized spacial score (nSPS) is 10.5. The molecule has 2 rings (SSSR count). The number of nitrogens with one attached hydrogen (secondary N) is 1. The topological polar surface area (TPSA) is 98.1 Å². The first-order valence-electron chi connectivity index (χ1n) is 3.31. The van der Waals surface area contributed by atoms with Gasteiger partial charge in [-0.15, -0.1) is 15.3 Å².